The molecular formula is C18H20N4OS. The van der Waals surface area contributed by atoms with Crippen molar-refractivity contribution in [1.29, 1.82) is 0 Å². The van der Waals surface area contributed by atoms with Gasteiger partial charge in [0, 0.05) is 4.88 Å². The van der Waals surface area contributed by atoms with Gasteiger partial charge in [-0.3, -0.25) is 5.43 Å². The van der Waals surface area contributed by atoms with Gasteiger partial charge in [-0.15, -0.1) is 11.3 Å². The molecule has 0 unspecified atom stereocenters. The lowest BCUT2D eigenvalue weighted by Crippen LogP contribution is -2.07. The third-order valence-electron chi connectivity index (χ3n) is 3.61. The van der Waals surface area contributed by atoms with Crippen molar-refractivity contribution in [2.24, 2.45) is 5.10 Å². The fraction of sp³-hybridized carbons (Fsp3) is 0.278. The molecule has 0 saturated carbocycles. The van der Waals surface area contributed by atoms with E-state index in [0.717, 1.165) is 21.3 Å². The second-order valence-corrected chi connectivity index (χ2v) is 7.60. The molecule has 0 amide bonds. The van der Waals surface area contributed by atoms with E-state index in [9.17, 15) is 0 Å². The number of hydrazone groups is 1. The van der Waals surface area contributed by atoms with Crippen molar-refractivity contribution >= 4 is 33.6 Å². The van der Waals surface area contributed by atoms with Crippen LogP contribution in [0.3, 0.4) is 0 Å². The lowest BCUT2D eigenvalue weighted by Gasteiger charge is -2.14. The average Bonchev–Trinajstić information content (AvgIpc) is 3.01. The molecular weight excluding hydrogens is 320 g/mol. The Morgan fingerprint density at radius 1 is 1.21 bits per heavy atom. The van der Waals surface area contributed by atoms with Gasteiger partial charge in [0.1, 0.15) is 11.2 Å². The highest BCUT2D eigenvalue weighted by Crippen LogP contribution is 2.35. The van der Waals surface area contributed by atoms with Crippen LogP contribution >= 0.6 is 11.3 Å². The fourth-order valence-electron chi connectivity index (χ4n) is 2.19. The van der Waals surface area contributed by atoms with Gasteiger partial charge >= 0.3 is 0 Å². The molecule has 24 heavy (non-hydrogen) atoms. The predicted molar refractivity (Wildman–Crippen MR) is 99.7 cm³/mol. The third kappa shape index (κ3) is 3.60. The van der Waals surface area contributed by atoms with Gasteiger partial charge in [-0.2, -0.15) is 5.10 Å². The summed E-state index contributed by atoms with van der Waals surface area (Å²) in [5.41, 5.74) is 4.92. The molecule has 0 atom stereocenters. The van der Waals surface area contributed by atoms with E-state index in [2.05, 4.69) is 47.3 Å². The molecule has 0 radical (unpaired) electrons. The molecule has 2 heterocycles. The van der Waals surface area contributed by atoms with Crippen LogP contribution in [0.25, 0.3) is 10.2 Å². The smallest absolute Gasteiger partial charge is 0.158 e. The van der Waals surface area contributed by atoms with Gasteiger partial charge < -0.3 is 5.11 Å². The van der Waals surface area contributed by atoms with E-state index in [1.165, 1.54) is 4.88 Å². The quantitative estimate of drug-likeness (QED) is 0.558. The summed E-state index contributed by atoms with van der Waals surface area (Å²) < 4.78 is 0. The summed E-state index contributed by atoms with van der Waals surface area (Å²) in [6.07, 6.45) is 3.28. The zero-order valence-corrected chi connectivity index (χ0v) is 14.8. The molecule has 0 bridgehead atoms. The van der Waals surface area contributed by atoms with Crippen LogP contribution in [0.2, 0.25) is 0 Å². The number of fused-ring (bicyclic) bond motifs is 1. The zero-order chi connectivity index (χ0) is 17.2. The molecule has 3 rings (SSSR count). The lowest BCUT2D eigenvalue weighted by atomic mass is 9.94. The highest BCUT2D eigenvalue weighted by Gasteiger charge is 2.18. The van der Waals surface area contributed by atoms with Gasteiger partial charge in [-0.05, 0) is 22.6 Å². The SMILES string of the molecule is CC(C)(C)c1cc2c(NN=Cc3ccc(CO)cc3)ncnc2s1. The molecule has 6 heteroatoms. The maximum Gasteiger partial charge on any atom is 0.158 e. The van der Waals surface area contributed by atoms with Crippen LogP contribution in [0.15, 0.2) is 41.8 Å². The first-order valence-electron chi connectivity index (χ1n) is 7.71. The Morgan fingerprint density at radius 3 is 2.62 bits per heavy atom. The number of aromatic nitrogens is 2. The minimum absolute atomic E-state index is 0.0445. The Balaban J connectivity index is 1.81. The maximum absolute atomic E-state index is 9.05. The molecule has 0 saturated heterocycles. The van der Waals surface area contributed by atoms with Crippen LogP contribution in [0, 0.1) is 0 Å². The number of nitrogens with zero attached hydrogens (tertiary/aromatic N) is 3. The predicted octanol–water partition coefficient (Wildman–Crippen LogP) is 3.93. The van der Waals surface area contributed by atoms with Crippen LogP contribution in [-0.2, 0) is 12.0 Å². The van der Waals surface area contributed by atoms with E-state index in [-0.39, 0.29) is 12.0 Å². The molecule has 1 aromatic carbocycles. The van der Waals surface area contributed by atoms with E-state index in [1.54, 1.807) is 23.9 Å². The first-order chi connectivity index (χ1) is 11.5. The van der Waals surface area contributed by atoms with Gasteiger partial charge in [0.2, 0.25) is 0 Å². The van der Waals surface area contributed by atoms with Crippen LogP contribution in [0.4, 0.5) is 5.82 Å². The zero-order valence-electron chi connectivity index (χ0n) is 13.9. The van der Waals surface area contributed by atoms with Gasteiger partial charge in [0.25, 0.3) is 0 Å². The Morgan fingerprint density at radius 2 is 1.96 bits per heavy atom. The van der Waals surface area contributed by atoms with Gasteiger partial charge in [0.05, 0.1) is 18.2 Å². The fourth-order valence-corrected chi connectivity index (χ4v) is 3.25. The summed E-state index contributed by atoms with van der Waals surface area (Å²) in [7, 11) is 0. The summed E-state index contributed by atoms with van der Waals surface area (Å²) >= 11 is 1.69. The number of rotatable bonds is 4. The van der Waals surface area contributed by atoms with Crippen molar-refractivity contribution in [3.8, 4) is 0 Å². The molecule has 5 nitrogen and oxygen atoms in total. The third-order valence-corrected chi connectivity index (χ3v) is 5.08. The van der Waals surface area contributed by atoms with Crippen molar-refractivity contribution in [3.63, 3.8) is 0 Å². The second-order valence-electron chi connectivity index (χ2n) is 6.57. The first-order valence-corrected chi connectivity index (χ1v) is 8.53. The van der Waals surface area contributed by atoms with Crippen molar-refractivity contribution in [3.05, 3.63) is 52.7 Å². The van der Waals surface area contributed by atoms with Crippen LogP contribution in [-0.4, -0.2) is 21.3 Å². The number of anilines is 1. The van der Waals surface area contributed by atoms with Gasteiger partial charge in [-0.25, -0.2) is 9.97 Å². The topological polar surface area (TPSA) is 70.4 Å². The van der Waals surface area contributed by atoms with Gasteiger partial charge in [0.15, 0.2) is 5.82 Å². The number of aliphatic hydroxyl groups is 1. The molecule has 0 aliphatic rings. The molecule has 124 valence electrons. The minimum atomic E-state index is 0.0445. The van der Waals surface area contributed by atoms with E-state index in [4.69, 9.17) is 5.11 Å². The number of aliphatic hydroxyl groups excluding tert-OH is 1. The van der Waals surface area contributed by atoms with E-state index in [1.807, 2.05) is 24.3 Å². The monoisotopic (exact) mass is 340 g/mol. The molecule has 0 spiro atoms. The molecule has 3 aromatic rings. The van der Waals surface area contributed by atoms with Crippen molar-refractivity contribution in [2.45, 2.75) is 32.8 Å². The maximum atomic E-state index is 9.05. The van der Waals surface area contributed by atoms with E-state index < -0.39 is 0 Å². The highest BCUT2D eigenvalue weighted by molar-refractivity contribution is 7.18. The van der Waals surface area contributed by atoms with Crippen molar-refractivity contribution in [1.82, 2.24) is 9.97 Å². The number of hydrogen-bond donors (Lipinski definition) is 2. The summed E-state index contributed by atoms with van der Waals surface area (Å²) in [6, 6.07) is 9.70. The van der Waals surface area contributed by atoms with Crippen molar-refractivity contribution < 1.29 is 5.11 Å². The Bertz CT molecular complexity index is 863. The minimum Gasteiger partial charge on any atom is -0.392 e. The average molecular weight is 340 g/mol. The van der Waals surface area contributed by atoms with E-state index in [0.29, 0.717) is 5.82 Å². The molecule has 2 N–H and O–H groups in total. The summed E-state index contributed by atoms with van der Waals surface area (Å²) in [4.78, 5) is 10.9. The number of benzene rings is 1. The summed E-state index contributed by atoms with van der Waals surface area (Å²) in [6.45, 7) is 6.61. The number of nitrogens with one attached hydrogen (secondary N) is 1. The normalized spacial score (nSPS) is 12.2. The number of thiophene rings is 1. The Hall–Kier alpha value is -2.31. The molecule has 0 aliphatic carbocycles. The first kappa shape index (κ1) is 16.5. The molecule has 0 fully saturated rings. The second kappa shape index (κ2) is 6.67. The van der Waals surface area contributed by atoms with Gasteiger partial charge in [-0.1, -0.05) is 45.0 Å². The standard InChI is InChI=1S/C18H20N4OS/c1-18(2,3)15-8-14-16(19-11-20-17(14)24-15)22-21-9-12-4-6-13(10-23)7-5-12/h4-9,11,23H,10H2,1-3H3,(H,19,20,22). The highest BCUT2D eigenvalue weighted by atomic mass is 32.1. The Kier molecular flexibility index (Phi) is 4.59. The van der Waals surface area contributed by atoms with Crippen LogP contribution < -0.4 is 5.43 Å². The largest absolute Gasteiger partial charge is 0.392 e. The number of hydrogen-bond acceptors (Lipinski definition) is 6. The lowest BCUT2D eigenvalue weighted by molar-refractivity contribution is 0.282. The van der Waals surface area contributed by atoms with Crippen LogP contribution in [0.1, 0.15) is 36.8 Å². The van der Waals surface area contributed by atoms with Crippen LogP contribution in [0.5, 0.6) is 0 Å². The molecule has 0 aliphatic heterocycles. The summed E-state index contributed by atoms with van der Waals surface area (Å²) in [5.74, 6) is 0.704. The molecule has 2 aromatic heterocycles. The Labute approximate surface area is 145 Å². The summed E-state index contributed by atoms with van der Waals surface area (Å²) in [5, 5.41) is 14.3. The van der Waals surface area contributed by atoms with E-state index >= 15 is 0 Å². The van der Waals surface area contributed by atoms with Crippen molar-refractivity contribution in [2.75, 3.05) is 5.43 Å².